The van der Waals surface area contributed by atoms with Crippen LogP contribution in [0.2, 0.25) is 0 Å². The number of carboxylic acid groups (broad SMARTS) is 1. The first-order valence-corrected chi connectivity index (χ1v) is 10.3. The quantitative estimate of drug-likeness (QED) is 0.391. The molecule has 3 aromatic carbocycles. The smallest absolute Gasteiger partial charge is 0.338 e. The number of aromatic nitrogens is 1. The third kappa shape index (κ3) is 4.23. The van der Waals surface area contributed by atoms with Crippen molar-refractivity contribution >= 4 is 29.0 Å². The van der Waals surface area contributed by atoms with E-state index in [-0.39, 0.29) is 5.56 Å². The van der Waals surface area contributed by atoms with Gasteiger partial charge in [-0.3, -0.25) is 0 Å². The lowest BCUT2D eigenvalue weighted by Gasteiger charge is -2.14. The van der Waals surface area contributed by atoms with Crippen molar-refractivity contribution in [2.24, 2.45) is 0 Å². The van der Waals surface area contributed by atoms with Crippen molar-refractivity contribution in [1.29, 1.82) is 0 Å². The van der Waals surface area contributed by atoms with Gasteiger partial charge >= 0.3 is 5.97 Å². The average molecular weight is 441 g/mol. The van der Waals surface area contributed by atoms with Gasteiger partial charge in [0.05, 0.1) is 38.1 Å². The van der Waals surface area contributed by atoms with Crippen LogP contribution in [0.5, 0.6) is 17.2 Å². The molecular weight excluding hydrogens is 418 g/mol. The van der Waals surface area contributed by atoms with Gasteiger partial charge in [-0.25, -0.2) is 9.78 Å². The van der Waals surface area contributed by atoms with E-state index in [0.29, 0.717) is 34.0 Å². The Balaban J connectivity index is 1.93. The molecule has 4 rings (SSSR count). The van der Waals surface area contributed by atoms with Crippen LogP contribution in [0, 0.1) is 0 Å². The van der Waals surface area contributed by atoms with Crippen molar-refractivity contribution in [2.75, 3.05) is 21.3 Å². The zero-order chi connectivity index (χ0) is 23.4. The molecule has 1 aromatic heterocycles. The SMILES string of the molecule is COc1cc(C=Cc2nc3ccccc3c(-c3ccccc3)c2C(=O)O)cc(OC)c1OC. The van der Waals surface area contributed by atoms with Gasteiger partial charge in [0.15, 0.2) is 11.5 Å². The Labute approximate surface area is 191 Å². The normalized spacial score (nSPS) is 11.0. The second-order valence-electron chi connectivity index (χ2n) is 7.23. The number of fused-ring (bicyclic) bond motifs is 1. The summed E-state index contributed by atoms with van der Waals surface area (Å²) < 4.78 is 16.2. The number of carboxylic acids is 1. The summed E-state index contributed by atoms with van der Waals surface area (Å²) in [5.74, 6) is 0.452. The summed E-state index contributed by atoms with van der Waals surface area (Å²) in [6.07, 6.45) is 3.48. The molecule has 166 valence electrons. The van der Waals surface area contributed by atoms with E-state index in [2.05, 4.69) is 4.98 Å². The molecule has 1 N–H and O–H groups in total. The van der Waals surface area contributed by atoms with E-state index in [1.54, 1.807) is 45.6 Å². The Bertz CT molecular complexity index is 1320. The lowest BCUT2D eigenvalue weighted by molar-refractivity contribution is 0.0697. The molecule has 0 unspecified atom stereocenters. The van der Waals surface area contributed by atoms with E-state index in [4.69, 9.17) is 14.2 Å². The zero-order valence-electron chi connectivity index (χ0n) is 18.5. The van der Waals surface area contributed by atoms with Gasteiger partial charge in [0.25, 0.3) is 0 Å². The fraction of sp³-hybridized carbons (Fsp3) is 0.111. The van der Waals surface area contributed by atoms with Crippen LogP contribution in [0.3, 0.4) is 0 Å². The Hall–Kier alpha value is -4.32. The van der Waals surface area contributed by atoms with Gasteiger partial charge in [-0.1, -0.05) is 54.6 Å². The molecular formula is C27H23NO5. The van der Waals surface area contributed by atoms with Crippen molar-refractivity contribution in [3.8, 4) is 28.4 Å². The minimum Gasteiger partial charge on any atom is -0.493 e. The van der Waals surface area contributed by atoms with Gasteiger partial charge in [-0.15, -0.1) is 0 Å². The molecule has 0 aliphatic carbocycles. The standard InChI is InChI=1S/C27H23NO5/c1-31-22-15-17(16-23(32-2)26(22)33-3)13-14-21-25(27(29)30)24(18-9-5-4-6-10-18)19-11-7-8-12-20(19)28-21/h4-16H,1-3H3,(H,29,30). The fourth-order valence-electron chi connectivity index (χ4n) is 3.85. The molecule has 0 spiro atoms. The summed E-state index contributed by atoms with van der Waals surface area (Å²) in [6.45, 7) is 0. The molecule has 6 nitrogen and oxygen atoms in total. The van der Waals surface area contributed by atoms with Crippen LogP contribution in [-0.4, -0.2) is 37.4 Å². The lowest BCUT2D eigenvalue weighted by atomic mass is 9.94. The largest absolute Gasteiger partial charge is 0.493 e. The minimum atomic E-state index is -1.04. The maximum absolute atomic E-state index is 12.4. The molecule has 0 amide bonds. The number of carbonyl (C=O) groups is 1. The highest BCUT2D eigenvalue weighted by Crippen LogP contribution is 2.39. The number of pyridine rings is 1. The van der Waals surface area contributed by atoms with E-state index in [1.165, 1.54) is 0 Å². The average Bonchev–Trinajstić information content (AvgIpc) is 2.86. The highest BCUT2D eigenvalue weighted by molar-refractivity contribution is 6.09. The van der Waals surface area contributed by atoms with Crippen molar-refractivity contribution in [3.05, 3.63) is 83.6 Å². The molecule has 6 heteroatoms. The number of rotatable bonds is 7. The van der Waals surface area contributed by atoms with Gasteiger partial charge in [-0.05, 0) is 35.4 Å². The summed E-state index contributed by atoms with van der Waals surface area (Å²) in [6, 6.07) is 20.6. The monoisotopic (exact) mass is 441 g/mol. The molecule has 0 aliphatic heterocycles. The third-order valence-electron chi connectivity index (χ3n) is 5.32. The maximum Gasteiger partial charge on any atom is 0.338 e. The Kier molecular flexibility index (Phi) is 6.26. The number of hydrogen-bond acceptors (Lipinski definition) is 5. The highest BCUT2D eigenvalue weighted by Gasteiger charge is 2.20. The second-order valence-corrected chi connectivity index (χ2v) is 7.23. The van der Waals surface area contributed by atoms with E-state index in [9.17, 15) is 9.90 Å². The van der Waals surface area contributed by atoms with Crippen LogP contribution >= 0.6 is 0 Å². The first-order valence-electron chi connectivity index (χ1n) is 10.3. The zero-order valence-corrected chi connectivity index (χ0v) is 18.5. The molecule has 0 bridgehead atoms. The van der Waals surface area contributed by atoms with E-state index in [1.807, 2.05) is 54.6 Å². The molecule has 0 saturated carbocycles. The fourth-order valence-corrected chi connectivity index (χ4v) is 3.85. The van der Waals surface area contributed by atoms with Crippen molar-refractivity contribution in [1.82, 2.24) is 4.98 Å². The predicted molar refractivity (Wildman–Crippen MR) is 129 cm³/mol. The summed E-state index contributed by atoms with van der Waals surface area (Å²) >= 11 is 0. The van der Waals surface area contributed by atoms with Crippen LogP contribution in [0.25, 0.3) is 34.2 Å². The van der Waals surface area contributed by atoms with E-state index in [0.717, 1.165) is 16.5 Å². The predicted octanol–water partition coefficient (Wildman–Crippen LogP) is 5.80. The van der Waals surface area contributed by atoms with Gasteiger partial charge in [-0.2, -0.15) is 0 Å². The van der Waals surface area contributed by atoms with Crippen LogP contribution in [0.15, 0.2) is 66.7 Å². The molecule has 4 aromatic rings. The number of methoxy groups -OCH3 is 3. The highest BCUT2D eigenvalue weighted by atomic mass is 16.5. The number of para-hydroxylation sites is 1. The summed E-state index contributed by atoms with van der Waals surface area (Å²) in [5, 5.41) is 11.0. The van der Waals surface area contributed by atoms with Crippen molar-refractivity contribution in [3.63, 3.8) is 0 Å². The number of aromatic carboxylic acids is 1. The molecule has 0 atom stereocenters. The van der Waals surface area contributed by atoms with Gasteiger partial charge in [0, 0.05) is 10.9 Å². The first-order chi connectivity index (χ1) is 16.1. The molecule has 0 aliphatic rings. The second kappa shape index (κ2) is 9.44. The Morgan fingerprint density at radius 2 is 1.48 bits per heavy atom. The minimum absolute atomic E-state index is 0.142. The number of ether oxygens (including phenoxy) is 3. The van der Waals surface area contributed by atoms with Crippen molar-refractivity contribution in [2.45, 2.75) is 0 Å². The Morgan fingerprint density at radius 1 is 0.848 bits per heavy atom. The van der Waals surface area contributed by atoms with E-state index >= 15 is 0 Å². The van der Waals surface area contributed by atoms with Gasteiger partial charge in [0.1, 0.15) is 0 Å². The first kappa shape index (κ1) is 21.9. The molecule has 0 fully saturated rings. The maximum atomic E-state index is 12.4. The lowest BCUT2D eigenvalue weighted by Crippen LogP contribution is -2.06. The van der Waals surface area contributed by atoms with Crippen LogP contribution < -0.4 is 14.2 Å². The number of nitrogens with zero attached hydrogens (tertiary/aromatic N) is 1. The molecule has 0 radical (unpaired) electrons. The number of benzene rings is 3. The summed E-state index contributed by atoms with van der Waals surface area (Å²) in [7, 11) is 4.63. The Morgan fingerprint density at radius 3 is 2.09 bits per heavy atom. The molecule has 0 saturated heterocycles. The van der Waals surface area contributed by atoms with Gasteiger partial charge in [0.2, 0.25) is 5.75 Å². The van der Waals surface area contributed by atoms with Gasteiger partial charge < -0.3 is 19.3 Å². The third-order valence-corrected chi connectivity index (χ3v) is 5.32. The molecule has 1 heterocycles. The van der Waals surface area contributed by atoms with Crippen molar-refractivity contribution < 1.29 is 24.1 Å². The van der Waals surface area contributed by atoms with Crippen LogP contribution in [0.1, 0.15) is 21.6 Å². The summed E-state index contributed by atoms with van der Waals surface area (Å²) in [5.41, 5.74) is 3.41. The number of hydrogen-bond donors (Lipinski definition) is 1. The van der Waals surface area contributed by atoms with Crippen LogP contribution in [-0.2, 0) is 0 Å². The summed E-state index contributed by atoms with van der Waals surface area (Å²) in [4.78, 5) is 17.1. The topological polar surface area (TPSA) is 77.9 Å². The van der Waals surface area contributed by atoms with E-state index < -0.39 is 5.97 Å². The van der Waals surface area contributed by atoms with Crippen LogP contribution in [0.4, 0.5) is 0 Å². The molecule has 33 heavy (non-hydrogen) atoms.